The van der Waals surface area contributed by atoms with Crippen LogP contribution in [0.15, 0.2) is 15.9 Å². The molecular weight excluding hydrogens is 276 g/mol. The van der Waals surface area contributed by atoms with Crippen molar-refractivity contribution >= 4 is 17.2 Å². The van der Waals surface area contributed by atoms with Gasteiger partial charge in [-0.3, -0.25) is 13.9 Å². The molecule has 0 bridgehead atoms. The molecule has 0 atom stereocenters. The van der Waals surface area contributed by atoms with Crippen molar-refractivity contribution < 1.29 is 4.79 Å². The number of urea groups is 1. The number of aromatic nitrogens is 4. The zero-order valence-corrected chi connectivity index (χ0v) is 12.5. The topological polar surface area (TPSA) is 94.2 Å². The number of carbonyl (C=O) groups is 1. The predicted molar refractivity (Wildman–Crippen MR) is 77.3 cm³/mol. The maximum absolute atomic E-state index is 12.2. The van der Waals surface area contributed by atoms with E-state index in [2.05, 4.69) is 10.3 Å². The van der Waals surface area contributed by atoms with Crippen molar-refractivity contribution in [3.63, 3.8) is 0 Å². The minimum Gasteiger partial charge on any atom is -0.336 e. The lowest BCUT2D eigenvalue weighted by Crippen LogP contribution is -2.38. The van der Waals surface area contributed by atoms with Crippen LogP contribution in [0.4, 0.5) is 4.79 Å². The zero-order chi connectivity index (χ0) is 15.7. The molecule has 2 aromatic heterocycles. The first kappa shape index (κ1) is 14.8. The number of amides is 2. The van der Waals surface area contributed by atoms with Gasteiger partial charge in [-0.1, -0.05) is 0 Å². The Bertz CT molecular complexity index is 798. The summed E-state index contributed by atoms with van der Waals surface area (Å²) >= 11 is 0. The smallest absolute Gasteiger partial charge is 0.332 e. The molecule has 2 heterocycles. The number of aryl methyl sites for hydroxylation is 1. The van der Waals surface area contributed by atoms with Crippen LogP contribution in [-0.4, -0.2) is 50.3 Å². The first-order chi connectivity index (χ1) is 9.84. The third-order valence-corrected chi connectivity index (χ3v) is 3.25. The number of fused-ring (bicyclic) bond motifs is 1. The number of imidazole rings is 1. The Morgan fingerprint density at radius 3 is 2.57 bits per heavy atom. The monoisotopic (exact) mass is 294 g/mol. The lowest BCUT2D eigenvalue weighted by molar-refractivity contribution is 0.217. The predicted octanol–water partition coefficient (Wildman–Crippen LogP) is -1.30. The van der Waals surface area contributed by atoms with Gasteiger partial charge in [0.15, 0.2) is 11.2 Å². The minimum absolute atomic E-state index is 0.209. The maximum Gasteiger partial charge on any atom is 0.332 e. The highest BCUT2D eigenvalue weighted by Gasteiger charge is 2.14. The Balaban J connectivity index is 2.33. The number of hydrogen-bond acceptors (Lipinski definition) is 4. The highest BCUT2D eigenvalue weighted by molar-refractivity contribution is 5.73. The van der Waals surface area contributed by atoms with Gasteiger partial charge in [0.2, 0.25) is 0 Å². The van der Waals surface area contributed by atoms with Gasteiger partial charge in [0.1, 0.15) is 0 Å². The highest BCUT2D eigenvalue weighted by atomic mass is 16.2. The first-order valence-corrected chi connectivity index (χ1v) is 6.40. The fourth-order valence-corrected chi connectivity index (χ4v) is 2.01. The Kier molecular flexibility index (Phi) is 3.83. The van der Waals surface area contributed by atoms with Crippen LogP contribution in [0.3, 0.4) is 0 Å². The van der Waals surface area contributed by atoms with Crippen LogP contribution in [0.5, 0.6) is 0 Å². The van der Waals surface area contributed by atoms with Gasteiger partial charge in [-0.15, -0.1) is 0 Å². The molecule has 0 spiro atoms. The van der Waals surface area contributed by atoms with Crippen molar-refractivity contribution in [3.8, 4) is 0 Å². The van der Waals surface area contributed by atoms with Crippen LogP contribution in [0.1, 0.15) is 0 Å². The Morgan fingerprint density at radius 2 is 1.95 bits per heavy atom. The molecule has 0 unspecified atom stereocenters. The third kappa shape index (κ3) is 2.54. The molecule has 2 aromatic rings. The maximum atomic E-state index is 12.2. The molecule has 0 radical (unpaired) electrons. The number of hydrogen-bond donors (Lipinski definition) is 1. The minimum atomic E-state index is -0.418. The molecule has 2 rings (SSSR count). The fraction of sp³-hybridized carbons (Fsp3) is 0.500. The fourth-order valence-electron chi connectivity index (χ4n) is 2.01. The van der Waals surface area contributed by atoms with E-state index in [0.29, 0.717) is 24.3 Å². The second-order valence-electron chi connectivity index (χ2n) is 4.94. The standard InChI is InChI=1S/C12H18N6O3/c1-15(2)11(20)13-5-6-18-7-14-9-8(18)10(19)17(4)12(21)16(9)3/h7H,5-6H2,1-4H3,(H,13,20). The van der Waals surface area contributed by atoms with Gasteiger partial charge in [0.25, 0.3) is 5.56 Å². The number of nitrogens with one attached hydrogen (secondary N) is 1. The number of rotatable bonds is 3. The molecular formula is C12H18N6O3. The third-order valence-electron chi connectivity index (χ3n) is 3.25. The van der Waals surface area contributed by atoms with E-state index in [0.717, 1.165) is 4.57 Å². The van der Waals surface area contributed by atoms with Crippen molar-refractivity contribution in [2.75, 3.05) is 20.6 Å². The van der Waals surface area contributed by atoms with E-state index < -0.39 is 11.2 Å². The SMILES string of the molecule is CN(C)C(=O)NCCn1cnc2c1c(=O)n(C)c(=O)n2C. The van der Waals surface area contributed by atoms with Gasteiger partial charge in [-0.2, -0.15) is 0 Å². The summed E-state index contributed by atoms with van der Waals surface area (Å²) in [4.78, 5) is 40.9. The normalized spacial score (nSPS) is 10.9. The van der Waals surface area contributed by atoms with Crippen LogP contribution in [0, 0.1) is 0 Å². The first-order valence-electron chi connectivity index (χ1n) is 6.40. The molecule has 9 nitrogen and oxygen atoms in total. The second kappa shape index (κ2) is 5.43. The Labute approximate surface area is 120 Å². The van der Waals surface area contributed by atoms with Crippen molar-refractivity contribution in [3.05, 3.63) is 27.2 Å². The summed E-state index contributed by atoms with van der Waals surface area (Å²) in [5, 5.41) is 2.71. The van der Waals surface area contributed by atoms with Gasteiger partial charge in [-0.05, 0) is 0 Å². The summed E-state index contributed by atoms with van der Waals surface area (Å²) in [6.45, 7) is 0.748. The summed E-state index contributed by atoms with van der Waals surface area (Å²) in [6, 6.07) is -0.209. The molecule has 1 N–H and O–H groups in total. The quantitative estimate of drug-likeness (QED) is 0.761. The van der Waals surface area contributed by atoms with Crippen LogP contribution in [-0.2, 0) is 20.6 Å². The average molecular weight is 294 g/mol. The van der Waals surface area contributed by atoms with Crippen LogP contribution in [0.25, 0.3) is 11.2 Å². The summed E-state index contributed by atoms with van der Waals surface area (Å²) < 4.78 is 4.00. The van der Waals surface area contributed by atoms with E-state index in [1.54, 1.807) is 25.7 Å². The average Bonchev–Trinajstić information content (AvgIpc) is 2.86. The van der Waals surface area contributed by atoms with E-state index in [1.165, 1.54) is 22.8 Å². The molecule has 0 aromatic carbocycles. The molecule has 0 aliphatic carbocycles. The number of carbonyl (C=O) groups excluding carboxylic acids is 1. The van der Waals surface area contributed by atoms with Crippen molar-refractivity contribution in [2.45, 2.75) is 6.54 Å². The Hall–Kier alpha value is -2.58. The van der Waals surface area contributed by atoms with Crippen LogP contribution < -0.4 is 16.6 Å². The van der Waals surface area contributed by atoms with Gasteiger partial charge < -0.3 is 14.8 Å². The van der Waals surface area contributed by atoms with Crippen molar-refractivity contribution in [1.82, 2.24) is 28.9 Å². The van der Waals surface area contributed by atoms with Gasteiger partial charge in [0.05, 0.1) is 6.33 Å². The molecule has 2 amide bonds. The summed E-state index contributed by atoms with van der Waals surface area (Å²) in [5.41, 5.74) is -0.135. The highest BCUT2D eigenvalue weighted by Crippen LogP contribution is 2.04. The largest absolute Gasteiger partial charge is 0.336 e. The molecule has 0 saturated carbocycles. The Morgan fingerprint density at radius 1 is 1.29 bits per heavy atom. The van der Waals surface area contributed by atoms with E-state index in [1.807, 2.05) is 0 Å². The van der Waals surface area contributed by atoms with Gasteiger partial charge >= 0.3 is 11.7 Å². The van der Waals surface area contributed by atoms with Gasteiger partial charge in [-0.25, -0.2) is 14.6 Å². The molecule has 21 heavy (non-hydrogen) atoms. The molecule has 9 heteroatoms. The van der Waals surface area contributed by atoms with Crippen LogP contribution >= 0.6 is 0 Å². The van der Waals surface area contributed by atoms with E-state index in [4.69, 9.17) is 0 Å². The van der Waals surface area contributed by atoms with E-state index >= 15 is 0 Å². The lowest BCUT2D eigenvalue weighted by Gasteiger charge is -2.12. The molecule has 114 valence electrons. The van der Waals surface area contributed by atoms with Crippen molar-refractivity contribution in [1.29, 1.82) is 0 Å². The molecule has 0 fully saturated rings. The number of nitrogens with zero attached hydrogens (tertiary/aromatic N) is 5. The van der Waals surface area contributed by atoms with Crippen molar-refractivity contribution in [2.24, 2.45) is 14.1 Å². The second-order valence-corrected chi connectivity index (χ2v) is 4.94. The van der Waals surface area contributed by atoms with E-state index in [-0.39, 0.29) is 6.03 Å². The van der Waals surface area contributed by atoms with Gasteiger partial charge in [0, 0.05) is 41.3 Å². The lowest BCUT2D eigenvalue weighted by atomic mass is 10.5. The summed E-state index contributed by atoms with van der Waals surface area (Å²) in [6.07, 6.45) is 1.49. The summed E-state index contributed by atoms with van der Waals surface area (Å²) in [5.74, 6) is 0. The molecule has 0 aliphatic heterocycles. The molecule has 0 aliphatic rings. The van der Waals surface area contributed by atoms with E-state index in [9.17, 15) is 14.4 Å². The zero-order valence-electron chi connectivity index (χ0n) is 12.5. The van der Waals surface area contributed by atoms with Crippen LogP contribution in [0.2, 0.25) is 0 Å². The molecule has 0 saturated heterocycles. The summed E-state index contributed by atoms with van der Waals surface area (Å²) in [7, 11) is 6.28.